The molecule has 0 saturated carbocycles. The maximum Gasteiger partial charge on any atom is 0.299 e. The third-order valence-corrected chi connectivity index (χ3v) is 7.40. The average Bonchev–Trinajstić information content (AvgIpc) is 2.94. The van der Waals surface area contributed by atoms with Gasteiger partial charge in [-0.1, -0.05) is 71.0 Å². The molecule has 2 atom stereocenters. The van der Waals surface area contributed by atoms with Crippen LogP contribution in [0.4, 0.5) is 5.69 Å². The van der Waals surface area contributed by atoms with Crippen LogP contribution in [0, 0.1) is 5.92 Å². The molecule has 0 unspecified atom stereocenters. The van der Waals surface area contributed by atoms with Gasteiger partial charge < -0.3 is 0 Å². The van der Waals surface area contributed by atoms with Gasteiger partial charge in [0, 0.05) is 40.3 Å². The van der Waals surface area contributed by atoms with Crippen LogP contribution < -0.4 is 5.01 Å². The minimum atomic E-state index is -0.296. The van der Waals surface area contributed by atoms with E-state index >= 15 is 0 Å². The first kappa shape index (κ1) is 23.8. The molecule has 2 aromatic carbocycles. The molecule has 1 saturated heterocycles. The molecule has 2 aliphatic rings. The minimum absolute atomic E-state index is 0.205. The Morgan fingerprint density at radius 1 is 1.06 bits per heavy atom. The number of nitrogens with zero attached hydrogens (tertiary/aromatic N) is 4. The smallest absolute Gasteiger partial charge is 0.265 e. The summed E-state index contributed by atoms with van der Waals surface area (Å²) in [6.07, 6.45) is 4.35. The van der Waals surface area contributed by atoms with Gasteiger partial charge in [0.2, 0.25) is 0 Å². The predicted octanol–water partition coefficient (Wildman–Crippen LogP) is 7.08. The Kier molecular flexibility index (Phi) is 7.68. The molecule has 2 heterocycles. The number of halogens is 4. The van der Waals surface area contributed by atoms with Crippen molar-refractivity contribution in [2.75, 3.05) is 18.1 Å². The zero-order valence-electron chi connectivity index (χ0n) is 17.6. The van der Waals surface area contributed by atoms with Crippen LogP contribution in [0.5, 0.6) is 0 Å². The van der Waals surface area contributed by atoms with Gasteiger partial charge in [0.15, 0.2) is 0 Å². The highest BCUT2D eigenvalue weighted by atomic mass is 79.9. The van der Waals surface area contributed by atoms with Gasteiger partial charge in [0.1, 0.15) is 5.71 Å². The van der Waals surface area contributed by atoms with Gasteiger partial charge in [-0.15, -0.1) is 0 Å². The van der Waals surface area contributed by atoms with Crippen LogP contribution >= 0.6 is 50.9 Å². The normalized spacial score (nSPS) is 21.9. The van der Waals surface area contributed by atoms with Crippen molar-refractivity contribution in [1.29, 1.82) is 0 Å². The third-order valence-electron chi connectivity index (χ3n) is 5.97. The van der Waals surface area contributed by atoms with Crippen molar-refractivity contribution in [3.8, 4) is 0 Å². The number of carbonyl (C=O) groups is 1. The van der Waals surface area contributed by atoms with E-state index in [2.05, 4.69) is 15.9 Å². The second kappa shape index (κ2) is 10.3. The molecule has 2 aliphatic heterocycles. The molecule has 0 bridgehead atoms. The first-order chi connectivity index (χ1) is 15.4. The highest BCUT2D eigenvalue weighted by Crippen LogP contribution is 2.43. The number of hydrazine groups is 1. The number of rotatable bonds is 4. The predicted molar refractivity (Wildman–Crippen MR) is 135 cm³/mol. The summed E-state index contributed by atoms with van der Waals surface area (Å²) in [5, 5.41) is 9.50. The van der Waals surface area contributed by atoms with E-state index in [1.807, 2.05) is 47.3 Å². The Bertz CT molecular complexity index is 1010. The molecule has 0 radical (unpaired) electrons. The third kappa shape index (κ3) is 4.95. The Labute approximate surface area is 212 Å². The molecule has 1 amide bonds. The zero-order chi connectivity index (χ0) is 22.8. The molecule has 0 N–H and O–H groups in total. The maximum absolute atomic E-state index is 13.4. The van der Waals surface area contributed by atoms with Crippen molar-refractivity contribution in [2.45, 2.75) is 38.6 Å². The molecular weight excluding hydrogens is 535 g/mol. The molecule has 0 aliphatic carbocycles. The van der Waals surface area contributed by atoms with Crippen LogP contribution in [0.3, 0.4) is 0 Å². The number of hydrogen-bond acceptors (Lipinski definition) is 4. The fourth-order valence-electron chi connectivity index (χ4n) is 4.28. The Morgan fingerprint density at radius 2 is 1.72 bits per heavy atom. The SMILES string of the molecule is C[C@@H]1C(C(=O)N(Cl)N2CCCCCC2)=NN(c2ccc(Cl)cc2Cl)[C@@H]1c1ccc(Br)cc1. The van der Waals surface area contributed by atoms with Crippen molar-refractivity contribution < 1.29 is 4.79 Å². The summed E-state index contributed by atoms with van der Waals surface area (Å²) < 4.78 is 2.21. The standard InChI is InChI=1S/C23H24BrCl3N4O/c1-15-21(23(32)31(27)29-12-4-2-3-5-13-29)28-30(20-11-10-18(25)14-19(20)26)22(15)16-6-8-17(24)9-7-16/h6-11,14-15,22H,2-5,12-13H2,1H3/t15-,22+/m1/s1. The highest BCUT2D eigenvalue weighted by Gasteiger charge is 2.42. The van der Waals surface area contributed by atoms with Crippen LogP contribution in [0.25, 0.3) is 0 Å². The molecule has 5 nitrogen and oxygen atoms in total. The first-order valence-corrected chi connectivity index (χ1v) is 12.6. The van der Waals surface area contributed by atoms with Crippen LogP contribution in [0.2, 0.25) is 10.0 Å². The van der Waals surface area contributed by atoms with E-state index in [0.29, 0.717) is 21.4 Å². The summed E-state index contributed by atoms with van der Waals surface area (Å²) >= 11 is 22.7. The van der Waals surface area contributed by atoms with Gasteiger partial charge in [0.05, 0.1) is 16.8 Å². The molecule has 170 valence electrons. The lowest BCUT2D eigenvalue weighted by atomic mass is 9.91. The number of hydrogen-bond donors (Lipinski definition) is 0. The lowest BCUT2D eigenvalue weighted by molar-refractivity contribution is -0.130. The van der Waals surface area contributed by atoms with Crippen LogP contribution in [0.15, 0.2) is 52.0 Å². The van der Waals surface area contributed by atoms with Gasteiger partial charge in [-0.3, -0.25) is 9.80 Å². The molecule has 2 aromatic rings. The maximum atomic E-state index is 13.4. The van der Waals surface area contributed by atoms with Crippen LogP contribution in [0.1, 0.15) is 44.2 Å². The number of hydrazone groups is 1. The van der Waals surface area contributed by atoms with E-state index in [1.54, 1.807) is 12.1 Å². The number of anilines is 1. The van der Waals surface area contributed by atoms with Crippen molar-refractivity contribution in [3.05, 3.63) is 62.5 Å². The van der Waals surface area contributed by atoms with Crippen molar-refractivity contribution in [1.82, 2.24) is 9.54 Å². The van der Waals surface area contributed by atoms with E-state index in [1.165, 1.54) is 4.53 Å². The van der Waals surface area contributed by atoms with Gasteiger partial charge in [-0.25, -0.2) is 5.01 Å². The van der Waals surface area contributed by atoms with Gasteiger partial charge in [-0.2, -0.15) is 9.63 Å². The number of carbonyl (C=O) groups excluding carboxylic acids is 1. The van der Waals surface area contributed by atoms with Crippen LogP contribution in [-0.2, 0) is 4.79 Å². The summed E-state index contributed by atoms with van der Waals surface area (Å²) in [5.74, 6) is -0.501. The highest BCUT2D eigenvalue weighted by molar-refractivity contribution is 9.10. The monoisotopic (exact) mass is 556 g/mol. The number of amides is 1. The van der Waals surface area contributed by atoms with E-state index in [4.69, 9.17) is 40.1 Å². The minimum Gasteiger partial charge on any atom is -0.265 e. The Balaban J connectivity index is 1.70. The van der Waals surface area contributed by atoms with Crippen molar-refractivity contribution in [2.24, 2.45) is 11.0 Å². The molecule has 32 heavy (non-hydrogen) atoms. The molecular formula is C23H24BrCl3N4O. The fourth-order valence-corrected chi connectivity index (χ4v) is 5.28. The van der Waals surface area contributed by atoms with Crippen LogP contribution in [-0.4, -0.2) is 34.2 Å². The molecule has 0 spiro atoms. The van der Waals surface area contributed by atoms with E-state index < -0.39 is 0 Å². The topological polar surface area (TPSA) is 39.2 Å². The summed E-state index contributed by atoms with van der Waals surface area (Å²) in [6, 6.07) is 13.1. The summed E-state index contributed by atoms with van der Waals surface area (Å²) in [6.45, 7) is 3.53. The quantitative estimate of drug-likeness (QED) is 0.377. The van der Waals surface area contributed by atoms with Crippen molar-refractivity contribution >= 4 is 68.2 Å². The lowest BCUT2D eigenvalue weighted by Gasteiger charge is -2.29. The lowest BCUT2D eigenvalue weighted by Crippen LogP contribution is -2.44. The largest absolute Gasteiger partial charge is 0.299 e. The van der Waals surface area contributed by atoms with E-state index in [0.717, 1.165) is 48.8 Å². The molecule has 9 heteroatoms. The number of benzene rings is 2. The van der Waals surface area contributed by atoms with Gasteiger partial charge in [-0.05, 0) is 48.7 Å². The fraction of sp³-hybridized carbons (Fsp3) is 0.391. The summed E-state index contributed by atoms with van der Waals surface area (Å²) in [5.41, 5.74) is 2.12. The average molecular weight is 559 g/mol. The Morgan fingerprint density at radius 3 is 2.34 bits per heavy atom. The zero-order valence-corrected chi connectivity index (χ0v) is 21.5. The molecule has 4 rings (SSSR count). The molecule has 1 fully saturated rings. The van der Waals surface area contributed by atoms with E-state index in [-0.39, 0.29) is 17.9 Å². The molecule has 0 aromatic heterocycles. The van der Waals surface area contributed by atoms with E-state index in [9.17, 15) is 4.79 Å². The summed E-state index contributed by atoms with van der Waals surface area (Å²) in [7, 11) is 0. The van der Waals surface area contributed by atoms with Gasteiger partial charge in [0.25, 0.3) is 5.91 Å². The van der Waals surface area contributed by atoms with Crippen molar-refractivity contribution in [3.63, 3.8) is 0 Å². The first-order valence-electron chi connectivity index (χ1n) is 10.7. The Hall–Kier alpha value is -1.31. The second-order valence-corrected chi connectivity index (χ2v) is 10.2. The summed E-state index contributed by atoms with van der Waals surface area (Å²) in [4.78, 5) is 13.4. The second-order valence-electron chi connectivity index (χ2n) is 8.14. The van der Waals surface area contributed by atoms with Gasteiger partial charge >= 0.3 is 0 Å².